The number of aliphatic carboxylic acids is 1. The van der Waals surface area contributed by atoms with E-state index in [1.807, 2.05) is 0 Å². The average molecular weight is 270 g/mol. The van der Waals surface area contributed by atoms with Gasteiger partial charge in [0.15, 0.2) is 5.75 Å². The standard InChI is InChI=1S/C11H14N2O4S/c14-11(15)7-18(16,17)13-9-3-4-10-8(6-9)2-1-5-12-10/h3-4,6,12-13H,1-2,5,7H2,(H,14,15). The van der Waals surface area contributed by atoms with Crippen molar-refractivity contribution in [2.45, 2.75) is 12.8 Å². The van der Waals surface area contributed by atoms with Crippen molar-refractivity contribution in [3.05, 3.63) is 23.8 Å². The average Bonchev–Trinajstić information content (AvgIpc) is 2.26. The highest BCUT2D eigenvalue weighted by molar-refractivity contribution is 7.93. The lowest BCUT2D eigenvalue weighted by Gasteiger charge is -2.18. The van der Waals surface area contributed by atoms with E-state index >= 15 is 0 Å². The van der Waals surface area contributed by atoms with E-state index in [1.165, 1.54) is 0 Å². The van der Waals surface area contributed by atoms with E-state index in [4.69, 9.17) is 5.11 Å². The molecule has 1 heterocycles. The topological polar surface area (TPSA) is 95.5 Å². The fourth-order valence-corrected chi connectivity index (χ4v) is 2.80. The van der Waals surface area contributed by atoms with Crippen LogP contribution in [-0.2, 0) is 21.2 Å². The molecule has 98 valence electrons. The van der Waals surface area contributed by atoms with Crippen LogP contribution in [0.5, 0.6) is 0 Å². The van der Waals surface area contributed by atoms with Crippen molar-refractivity contribution < 1.29 is 18.3 Å². The van der Waals surface area contributed by atoms with Gasteiger partial charge in [-0.2, -0.15) is 0 Å². The number of carboxylic acids is 1. The molecule has 2 rings (SSSR count). The van der Waals surface area contributed by atoms with Gasteiger partial charge >= 0.3 is 5.97 Å². The quantitative estimate of drug-likeness (QED) is 0.754. The van der Waals surface area contributed by atoms with Crippen molar-refractivity contribution in [3.8, 4) is 0 Å². The maximum Gasteiger partial charge on any atom is 0.320 e. The summed E-state index contributed by atoms with van der Waals surface area (Å²) in [7, 11) is -3.83. The number of aryl methyl sites for hydroxylation is 1. The minimum Gasteiger partial charge on any atom is -0.480 e. The third-order valence-corrected chi connectivity index (χ3v) is 3.80. The SMILES string of the molecule is O=C(O)CS(=O)(=O)Nc1ccc2c(c1)CCCN2. The van der Waals surface area contributed by atoms with Crippen LogP contribution >= 0.6 is 0 Å². The molecule has 3 N–H and O–H groups in total. The van der Waals surface area contributed by atoms with E-state index in [9.17, 15) is 13.2 Å². The number of sulfonamides is 1. The third kappa shape index (κ3) is 3.13. The summed E-state index contributed by atoms with van der Waals surface area (Å²) in [6.45, 7) is 0.914. The summed E-state index contributed by atoms with van der Waals surface area (Å²) in [5.74, 6) is -2.30. The summed E-state index contributed by atoms with van der Waals surface area (Å²) in [5, 5.41) is 11.7. The van der Waals surface area contributed by atoms with Crippen LogP contribution in [0, 0.1) is 0 Å². The summed E-state index contributed by atoms with van der Waals surface area (Å²) in [6.07, 6.45) is 1.88. The van der Waals surface area contributed by atoms with Crippen molar-refractivity contribution in [1.82, 2.24) is 0 Å². The number of carboxylic acid groups (broad SMARTS) is 1. The molecule has 7 heteroatoms. The molecule has 0 fully saturated rings. The number of carbonyl (C=O) groups is 1. The second-order valence-electron chi connectivity index (χ2n) is 4.16. The molecule has 0 aliphatic carbocycles. The Morgan fingerprint density at radius 3 is 2.94 bits per heavy atom. The van der Waals surface area contributed by atoms with Gasteiger partial charge in [0.05, 0.1) is 0 Å². The van der Waals surface area contributed by atoms with Crippen molar-refractivity contribution >= 4 is 27.4 Å². The van der Waals surface area contributed by atoms with Gasteiger partial charge in [0.1, 0.15) is 0 Å². The first-order valence-corrected chi connectivity index (χ1v) is 7.20. The largest absolute Gasteiger partial charge is 0.480 e. The maximum absolute atomic E-state index is 11.5. The minimum absolute atomic E-state index is 0.402. The van der Waals surface area contributed by atoms with Gasteiger partial charge in [-0.05, 0) is 36.6 Å². The lowest BCUT2D eigenvalue weighted by molar-refractivity contribution is -0.134. The van der Waals surface area contributed by atoms with E-state index < -0.39 is 21.7 Å². The molecule has 1 aromatic rings. The fraction of sp³-hybridized carbons (Fsp3) is 0.364. The summed E-state index contributed by atoms with van der Waals surface area (Å²) in [4.78, 5) is 10.4. The molecule has 0 unspecified atom stereocenters. The van der Waals surface area contributed by atoms with Crippen LogP contribution < -0.4 is 10.0 Å². The second-order valence-corrected chi connectivity index (χ2v) is 5.88. The Bertz CT molecular complexity index is 568. The maximum atomic E-state index is 11.5. The highest BCUT2D eigenvalue weighted by Gasteiger charge is 2.16. The minimum atomic E-state index is -3.83. The number of rotatable bonds is 4. The summed E-state index contributed by atoms with van der Waals surface area (Å²) < 4.78 is 25.2. The molecule has 0 atom stereocenters. The monoisotopic (exact) mass is 270 g/mol. The molecule has 1 aliphatic heterocycles. The van der Waals surface area contributed by atoms with Gasteiger partial charge in [0.25, 0.3) is 0 Å². The molecule has 0 bridgehead atoms. The van der Waals surface area contributed by atoms with E-state index in [2.05, 4.69) is 10.0 Å². The van der Waals surface area contributed by atoms with Crippen LogP contribution in [0.2, 0.25) is 0 Å². The molecule has 0 saturated heterocycles. The smallest absolute Gasteiger partial charge is 0.320 e. The Hall–Kier alpha value is -1.76. The Balaban J connectivity index is 2.17. The Kier molecular flexibility index (Phi) is 3.42. The highest BCUT2D eigenvalue weighted by Crippen LogP contribution is 2.25. The first-order valence-electron chi connectivity index (χ1n) is 5.55. The predicted octanol–water partition coefficient (Wildman–Crippen LogP) is 0.871. The highest BCUT2D eigenvalue weighted by atomic mass is 32.2. The van der Waals surface area contributed by atoms with Crippen molar-refractivity contribution in [1.29, 1.82) is 0 Å². The number of anilines is 2. The molecule has 1 aromatic carbocycles. The Morgan fingerprint density at radius 1 is 1.44 bits per heavy atom. The van der Waals surface area contributed by atoms with Gasteiger partial charge in [-0.3, -0.25) is 9.52 Å². The Labute approximate surface area is 105 Å². The molecule has 0 spiro atoms. The van der Waals surface area contributed by atoms with E-state index in [1.54, 1.807) is 18.2 Å². The molecule has 0 aromatic heterocycles. The predicted molar refractivity (Wildman–Crippen MR) is 68.3 cm³/mol. The number of hydrogen-bond donors (Lipinski definition) is 3. The summed E-state index contributed by atoms with van der Waals surface area (Å²) in [6, 6.07) is 5.16. The molecular weight excluding hydrogens is 256 g/mol. The first kappa shape index (κ1) is 12.7. The van der Waals surface area contributed by atoms with E-state index in [0.717, 1.165) is 30.6 Å². The molecule has 6 nitrogen and oxygen atoms in total. The van der Waals surface area contributed by atoms with E-state index in [0.29, 0.717) is 5.69 Å². The zero-order valence-electron chi connectivity index (χ0n) is 9.64. The van der Waals surface area contributed by atoms with Crippen molar-refractivity contribution in [2.75, 3.05) is 22.3 Å². The van der Waals surface area contributed by atoms with Gasteiger partial charge in [-0.15, -0.1) is 0 Å². The molecule has 0 saturated carbocycles. The second kappa shape index (κ2) is 4.85. The fourth-order valence-electron chi connectivity index (χ4n) is 1.92. The number of nitrogens with one attached hydrogen (secondary N) is 2. The first-order chi connectivity index (χ1) is 8.46. The number of hydrogen-bond acceptors (Lipinski definition) is 4. The Morgan fingerprint density at radius 2 is 2.22 bits per heavy atom. The van der Waals surface area contributed by atoms with Gasteiger partial charge in [0, 0.05) is 17.9 Å². The third-order valence-electron chi connectivity index (χ3n) is 2.63. The van der Waals surface area contributed by atoms with Crippen molar-refractivity contribution in [3.63, 3.8) is 0 Å². The van der Waals surface area contributed by atoms with Gasteiger partial charge in [-0.1, -0.05) is 0 Å². The molecule has 1 aliphatic rings. The molecular formula is C11H14N2O4S. The number of fused-ring (bicyclic) bond motifs is 1. The molecule has 0 radical (unpaired) electrons. The zero-order valence-corrected chi connectivity index (χ0v) is 10.5. The van der Waals surface area contributed by atoms with Crippen LogP contribution in [0.3, 0.4) is 0 Å². The van der Waals surface area contributed by atoms with E-state index in [-0.39, 0.29) is 0 Å². The van der Waals surface area contributed by atoms with Gasteiger partial charge in [-0.25, -0.2) is 8.42 Å². The van der Waals surface area contributed by atoms with Crippen LogP contribution in [0.15, 0.2) is 18.2 Å². The zero-order chi connectivity index (χ0) is 13.2. The van der Waals surface area contributed by atoms with Crippen LogP contribution in [0.25, 0.3) is 0 Å². The summed E-state index contributed by atoms with van der Waals surface area (Å²) >= 11 is 0. The van der Waals surface area contributed by atoms with Crippen molar-refractivity contribution in [2.24, 2.45) is 0 Å². The van der Waals surface area contributed by atoms with Gasteiger partial charge in [0.2, 0.25) is 10.0 Å². The summed E-state index contributed by atoms with van der Waals surface area (Å²) in [5.41, 5.74) is 2.44. The van der Waals surface area contributed by atoms with Gasteiger partial charge < -0.3 is 10.4 Å². The normalized spacial score (nSPS) is 14.4. The van der Waals surface area contributed by atoms with Crippen LogP contribution in [0.4, 0.5) is 11.4 Å². The lowest BCUT2D eigenvalue weighted by atomic mass is 10.0. The lowest BCUT2D eigenvalue weighted by Crippen LogP contribution is -2.22. The van der Waals surface area contributed by atoms with Crippen LogP contribution in [0.1, 0.15) is 12.0 Å². The molecule has 0 amide bonds. The number of benzene rings is 1. The van der Waals surface area contributed by atoms with Crippen LogP contribution in [-0.4, -0.2) is 31.8 Å². The molecule has 18 heavy (non-hydrogen) atoms.